The smallest absolute Gasteiger partial charge is 0.357 e. The average Bonchev–Trinajstić information content (AvgIpc) is 2.29. The Balaban J connectivity index is 2.16. The molecule has 1 saturated heterocycles. The Labute approximate surface area is 102 Å². The predicted octanol–water partition coefficient (Wildman–Crippen LogP) is 3.31. The number of pyridine rings is 1. The summed E-state index contributed by atoms with van der Waals surface area (Å²) < 4.78 is 37.6. The minimum atomic E-state index is -4.32. The van der Waals surface area contributed by atoms with Gasteiger partial charge in [-0.05, 0) is 25.0 Å². The van der Waals surface area contributed by atoms with E-state index in [1.54, 1.807) is 0 Å². The van der Waals surface area contributed by atoms with Crippen LogP contribution >= 0.6 is 11.6 Å². The minimum Gasteiger partial charge on any atom is -0.357 e. The molecule has 2 nitrogen and oxygen atoms in total. The number of nitrogens with zero attached hydrogens (tertiary/aromatic N) is 2. The first kappa shape index (κ1) is 12.5. The number of piperidine rings is 1. The van der Waals surface area contributed by atoms with Crippen LogP contribution in [0.25, 0.3) is 0 Å². The highest BCUT2D eigenvalue weighted by atomic mass is 35.5. The van der Waals surface area contributed by atoms with Crippen molar-refractivity contribution in [3.05, 3.63) is 23.9 Å². The molecule has 1 aliphatic rings. The van der Waals surface area contributed by atoms with Gasteiger partial charge in [0.1, 0.15) is 5.82 Å². The van der Waals surface area contributed by atoms with Gasteiger partial charge in [-0.1, -0.05) is 0 Å². The molecule has 0 N–H and O–H groups in total. The van der Waals surface area contributed by atoms with E-state index < -0.39 is 11.7 Å². The molecule has 2 heterocycles. The topological polar surface area (TPSA) is 16.1 Å². The lowest BCUT2D eigenvalue weighted by atomic mass is 10.1. The van der Waals surface area contributed by atoms with Gasteiger partial charge < -0.3 is 4.90 Å². The summed E-state index contributed by atoms with van der Waals surface area (Å²) in [6.07, 6.45) is -1.56. The number of aromatic nitrogens is 1. The summed E-state index contributed by atoms with van der Waals surface area (Å²) in [5.41, 5.74) is -0.657. The fraction of sp³-hybridized carbons (Fsp3) is 0.545. The van der Waals surface area contributed by atoms with Gasteiger partial charge in [0.15, 0.2) is 0 Å². The summed E-state index contributed by atoms with van der Waals surface area (Å²) >= 11 is 5.95. The van der Waals surface area contributed by atoms with Crippen LogP contribution in [0.3, 0.4) is 0 Å². The number of rotatable bonds is 1. The van der Waals surface area contributed by atoms with E-state index in [9.17, 15) is 13.2 Å². The van der Waals surface area contributed by atoms with Gasteiger partial charge in [0, 0.05) is 24.7 Å². The van der Waals surface area contributed by atoms with Crippen LogP contribution in [-0.2, 0) is 6.18 Å². The molecular formula is C11H12ClF3N2. The van der Waals surface area contributed by atoms with Crippen LogP contribution in [-0.4, -0.2) is 23.5 Å². The highest BCUT2D eigenvalue weighted by Crippen LogP contribution is 2.31. The second-order valence-electron chi connectivity index (χ2n) is 4.06. The van der Waals surface area contributed by atoms with E-state index in [4.69, 9.17) is 11.6 Å². The van der Waals surface area contributed by atoms with Gasteiger partial charge >= 0.3 is 6.18 Å². The highest BCUT2D eigenvalue weighted by Gasteiger charge is 2.31. The lowest BCUT2D eigenvalue weighted by molar-refractivity contribution is -0.137. The number of anilines is 1. The largest absolute Gasteiger partial charge is 0.416 e. The van der Waals surface area contributed by atoms with Crippen molar-refractivity contribution in [2.45, 2.75) is 24.4 Å². The second kappa shape index (κ2) is 4.72. The van der Waals surface area contributed by atoms with E-state index in [1.165, 1.54) is 6.20 Å². The van der Waals surface area contributed by atoms with E-state index in [0.717, 1.165) is 25.0 Å². The highest BCUT2D eigenvalue weighted by molar-refractivity contribution is 6.20. The zero-order chi connectivity index (χ0) is 12.5. The Morgan fingerprint density at radius 3 is 2.53 bits per heavy atom. The molecule has 0 amide bonds. The molecule has 0 atom stereocenters. The first-order chi connectivity index (χ1) is 7.97. The summed E-state index contributed by atoms with van der Waals surface area (Å²) in [6, 6.07) is 2.08. The molecular weight excluding hydrogens is 253 g/mol. The van der Waals surface area contributed by atoms with Crippen molar-refractivity contribution in [3.63, 3.8) is 0 Å². The second-order valence-corrected chi connectivity index (χ2v) is 4.68. The number of hydrogen-bond acceptors (Lipinski definition) is 2. The van der Waals surface area contributed by atoms with Crippen LogP contribution in [0.15, 0.2) is 18.3 Å². The van der Waals surface area contributed by atoms with Crippen LogP contribution < -0.4 is 4.90 Å². The number of halogens is 4. The zero-order valence-corrected chi connectivity index (χ0v) is 9.80. The molecule has 94 valence electrons. The molecule has 1 fully saturated rings. The Kier molecular flexibility index (Phi) is 3.47. The molecule has 1 aromatic rings. The van der Waals surface area contributed by atoms with Crippen LogP contribution in [0, 0.1) is 0 Å². The maximum atomic E-state index is 12.5. The normalized spacial score (nSPS) is 18.5. The van der Waals surface area contributed by atoms with Gasteiger partial charge in [0.25, 0.3) is 0 Å². The number of alkyl halides is 4. The molecule has 2 rings (SSSR count). The Hall–Kier alpha value is -0.970. The van der Waals surface area contributed by atoms with Crippen molar-refractivity contribution in [2.24, 2.45) is 0 Å². The summed E-state index contributed by atoms with van der Waals surface area (Å²) in [5, 5.41) is 0.122. The van der Waals surface area contributed by atoms with E-state index in [1.807, 2.05) is 4.90 Å². The third kappa shape index (κ3) is 3.03. The Bertz CT molecular complexity index is 387. The molecule has 1 aliphatic heterocycles. The van der Waals surface area contributed by atoms with Crippen LogP contribution in [0.5, 0.6) is 0 Å². The van der Waals surface area contributed by atoms with Crippen LogP contribution in [0.4, 0.5) is 19.0 Å². The van der Waals surface area contributed by atoms with Crippen LogP contribution in [0.1, 0.15) is 18.4 Å². The van der Waals surface area contributed by atoms with Gasteiger partial charge in [-0.2, -0.15) is 13.2 Å². The molecule has 0 spiro atoms. The van der Waals surface area contributed by atoms with E-state index in [0.29, 0.717) is 18.9 Å². The summed E-state index contributed by atoms with van der Waals surface area (Å²) in [5.74, 6) is 0.378. The standard InChI is InChI=1S/C11H12ClF3N2/c12-9-2-5-17(6-3-9)10-7-8(1-4-16-10)11(13,14)15/h1,4,7,9H,2-3,5-6H2. The van der Waals surface area contributed by atoms with Crippen LogP contribution in [0.2, 0.25) is 0 Å². The summed E-state index contributed by atoms with van der Waals surface area (Å²) in [6.45, 7) is 1.31. The third-order valence-corrected chi connectivity index (χ3v) is 3.26. The van der Waals surface area contributed by atoms with Gasteiger partial charge in [0.05, 0.1) is 5.56 Å². The molecule has 0 aliphatic carbocycles. The fourth-order valence-corrected chi connectivity index (χ4v) is 2.04. The Morgan fingerprint density at radius 2 is 1.94 bits per heavy atom. The lowest BCUT2D eigenvalue weighted by Crippen LogP contribution is -2.34. The SMILES string of the molecule is FC(F)(F)c1ccnc(N2CCC(Cl)CC2)c1. The van der Waals surface area contributed by atoms with Gasteiger partial charge in [0.2, 0.25) is 0 Å². The van der Waals surface area contributed by atoms with Crippen molar-refractivity contribution >= 4 is 17.4 Å². The molecule has 0 unspecified atom stereocenters. The quantitative estimate of drug-likeness (QED) is 0.724. The summed E-state index contributed by atoms with van der Waals surface area (Å²) in [4.78, 5) is 5.83. The number of hydrogen-bond donors (Lipinski definition) is 0. The molecule has 0 radical (unpaired) electrons. The van der Waals surface area contributed by atoms with Crippen molar-refractivity contribution in [1.29, 1.82) is 0 Å². The van der Waals surface area contributed by atoms with Crippen molar-refractivity contribution < 1.29 is 13.2 Å². The predicted molar refractivity (Wildman–Crippen MR) is 60.3 cm³/mol. The maximum absolute atomic E-state index is 12.5. The van der Waals surface area contributed by atoms with Crippen molar-refractivity contribution in [2.75, 3.05) is 18.0 Å². The fourth-order valence-electron chi connectivity index (χ4n) is 1.84. The van der Waals surface area contributed by atoms with Gasteiger partial charge in [-0.25, -0.2) is 4.98 Å². The monoisotopic (exact) mass is 264 g/mol. The van der Waals surface area contributed by atoms with E-state index >= 15 is 0 Å². The lowest BCUT2D eigenvalue weighted by Gasteiger charge is -2.30. The zero-order valence-electron chi connectivity index (χ0n) is 9.04. The van der Waals surface area contributed by atoms with E-state index in [2.05, 4.69) is 4.98 Å². The molecule has 0 bridgehead atoms. The minimum absolute atomic E-state index is 0.122. The Morgan fingerprint density at radius 1 is 1.29 bits per heavy atom. The maximum Gasteiger partial charge on any atom is 0.416 e. The first-order valence-electron chi connectivity index (χ1n) is 5.39. The summed E-state index contributed by atoms with van der Waals surface area (Å²) in [7, 11) is 0. The first-order valence-corrected chi connectivity index (χ1v) is 5.83. The molecule has 6 heteroatoms. The van der Waals surface area contributed by atoms with Gasteiger partial charge in [-0.15, -0.1) is 11.6 Å². The third-order valence-electron chi connectivity index (χ3n) is 2.82. The molecule has 0 aromatic carbocycles. The van der Waals surface area contributed by atoms with Crippen molar-refractivity contribution in [3.8, 4) is 0 Å². The molecule has 17 heavy (non-hydrogen) atoms. The van der Waals surface area contributed by atoms with Crippen molar-refractivity contribution in [1.82, 2.24) is 4.98 Å². The van der Waals surface area contributed by atoms with E-state index in [-0.39, 0.29) is 5.38 Å². The molecule has 0 saturated carbocycles. The molecule has 1 aromatic heterocycles. The average molecular weight is 265 g/mol. The van der Waals surface area contributed by atoms with Gasteiger partial charge in [-0.3, -0.25) is 0 Å².